The maximum Gasteiger partial charge on any atom is 0.301 e. The van der Waals surface area contributed by atoms with Crippen molar-refractivity contribution in [3.63, 3.8) is 0 Å². The highest BCUT2D eigenvalue weighted by Gasteiger charge is 2.68. The summed E-state index contributed by atoms with van der Waals surface area (Å²) in [7, 11) is 2.82. The first-order valence-corrected chi connectivity index (χ1v) is 15.7. The van der Waals surface area contributed by atoms with Crippen molar-refractivity contribution in [2.75, 3.05) is 28.8 Å². The zero-order chi connectivity index (χ0) is 35.1. The molecule has 0 spiro atoms. The van der Waals surface area contributed by atoms with E-state index in [0.29, 0.717) is 16.8 Å². The zero-order valence-electron chi connectivity index (χ0n) is 26.7. The monoisotopic (exact) mass is 665 g/mol. The standard InChI is InChI=1S/C35H31N5O9/c1-35-24(32(43)38(34(35)45)18-9-5-4-6-10-18)17-23-20(29(35)21-11-7-8-12-27(21)41)13-14-22-28(23)33(44)37(31(22)42)19-15-25(39(46)47)30(36(2)3)26(16-19)40(48)49/h4-13,15-16,22-24,28-29,41H,14,17H2,1-3H3. The molecular formula is C35H31N5O9. The summed E-state index contributed by atoms with van der Waals surface area (Å²) in [6.45, 7) is 1.71. The number of para-hydroxylation sites is 2. The zero-order valence-corrected chi connectivity index (χ0v) is 26.7. The van der Waals surface area contributed by atoms with Crippen molar-refractivity contribution in [2.45, 2.75) is 25.7 Å². The molecule has 2 aliphatic heterocycles. The minimum Gasteiger partial charge on any atom is -0.508 e. The lowest BCUT2D eigenvalue weighted by molar-refractivity contribution is -0.392. The van der Waals surface area contributed by atoms with E-state index in [4.69, 9.17) is 0 Å². The van der Waals surface area contributed by atoms with Crippen LogP contribution >= 0.6 is 0 Å². The number of imide groups is 2. The third-order valence-corrected chi connectivity index (χ3v) is 10.7. The number of hydrogen-bond donors (Lipinski definition) is 1. The molecule has 0 aromatic heterocycles. The van der Waals surface area contributed by atoms with Gasteiger partial charge in [0.1, 0.15) is 5.75 Å². The van der Waals surface area contributed by atoms with Gasteiger partial charge in [0, 0.05) is 37.7 Å². The number of carbonyl (C=O) groups is 4. The molecule has 1 saturated carbocycles. The van der Waals surface area contributed by atoms with Gasteiger partial charge in [-0.15, -0.1) is 0 Å². The van der Waals surface area contributed by atoms with Crippen molar-refractivity contribution in [1.29, 1.82) is 0 Å². The first-order chi connectivity index (χ1) is 23.3. The fourth-order valence-electron chi connectivity index (χ4n) is 8.62. The van der Waals surface area contributed by atoms with Gasteiger partial charge in [-0.05, 0) is 43.9 Å². The number of amides is 4. The Bertz CT molecular complexity index is 1990. The smallest absolute Gasteiger partial charge is 0.301 e. The van der Waals surface area contributed by atoms with Crippen molar-refractivity contribution in [3.05, 3.63) is 104 Å². The third kappa shape index (κ3) is 4.39. The Balaban J connectivity index is 1.36. The average Bonchev–Trinajstić information content (AvgIpc) is 3.44. The molecule has 0 radical (unpaired) electrons. The molecule has 2 aliphatic carbocycles. The van der Waals surface area contributed by atoms with E-state index in [1.807, 2.05) is 6.08 Å². The number of nitro benzene ring substituents is 2. The summed E-state index contributed by atoms with van der Waals surface area (Å²) >= 11 is 0. The minimum atomic E-state index is -1.35. The van der Waals surface area contributed by atoms with Gasteiger partial charge >= 0.3 is 11.4 Å². The van der Waals surface area contributed by atoms with Crippen LogP contribution in [0.15, 0.2) is 78.4 Å². The minimum absolute atomic E-state index is 0.0498. The van der Waals surface area contributed by atoms with Crippen molar-refractivity contribution < 1.29 is 34.1 Å². The molecule has 49 heavy (non-hydrogen) atoms. The number of phenolic OH excluding ortho intramolecular Hbond substituents is 1. The van der Waals surface area contributed by atoms with E-state index >= 15 is 0 Å². The van der Waals surface area contributed by atoms with Gasteiger partial charge in [0.05, 0.1) is 44.4 Å². The number of hydrogen-bond acceptors (Lipinski definition) is 10. The van der Waals surface area contributed by atoms with Crippen LogP contribution in [0.4, 0.5) is 28.4 Å². The topological polar surface area (TPSA) is 185 Å². The second kappa shape index (κ2) is 11.1. The fraction of sp³-hybridized carbons (Fsp3) is 0.314. The summed E-state index contributed by atoms with van der Waals surface area (Å²) in [5, 5.41) is 35.3. The molecule has 1 N–H and O–H groups in total. The van der Waals surface area contributed by atoms with Gasteiger partial charge in [-0.1, -0.05) is 48.0 Å². The molecule has 3 aromatic carbocycles. The molecule has 2 saturated heterocycles. The highest BCUT2D eigenvalue weighted by Crippen LogP contribution is 2.64. The third-order valence-electron chi connectivity index (χ3n) is 10.7. The average molecular weight is 666 g/mol. The van der Waals surface area contributed by atoms with Gasteiger partial charge in [0.25, 0.3) is 0 Å². The van der Waals surface area contributed by atoms with E-state index < -0.39 is 79.9 Å². The number of carbonyl (C=O) groups excluding carboxylic acids is 4. The summed E-state index contributed by atoms with van der Waals surface area (Å²) in [6, 6.07) is 17.0. The lowest BCUT2D eigenvalue weighted by Gasteiger charge is -2.49. The molecule has 4 amide bonds. The maximum atomic E-state index is 14.4. The highest BCUT2D eigenvalue weighted by molar-refractivity contribution is 6.25. The second-order valence-electron chi connectivity index (χ2n) is 13.3. The molecule has 3 aromatic rings. The van der Waals surface area contributed by atoms with Crippen LogP contribution in [0.1, 0.15) is 31.2 Å². The summed E-state index contributed by atoms with van der Waals surface area (Å²) in [5.74, 6) is -6.79. The Hall–Kier alpha value is -5.92. The van der Waals surface area contributed by atoms with Gasteiger partial charge in [-0.3, -0.25) is 39.4 Å². The Morgan fingerprint density at radius 1 is 0.816 bits per heavy atom. The number of benzene rings is 3. The van der Waals surface area contributed by atoms with Crippen LogP contribution in [0.25, 0.3) is 0 Å². The van der Waals surface area contributed by atoms with Gasteiger partial charge in [-0.25, -0.2) is 9.80 Å². The van der Waals surface area contributed by atoms with Crippen LogP contribution in [-0.2, 0) is 19.2 Å². The number of allylic oxidation sites excluding steroid dienone is 2. The van der Waals surface area contributed by atoms with E-state index in [1.165, 1.54) is 25.1 Å². The van der Waals surface area contributed by atoms with Crippen molar-refractivity contribution >= 4 is 52.1 Å². The largest absolute Gasteiger partial charge is 0.508 e. The van der Waals surface area contributed by atoms with Crippen LogP contribution < -0.4 is 14.7 Å². The Morgan fingerprint density at radius 3 is 2.02 bits per heavy atom. The molecule has 6 unspecified atom stereocenters. The fourth-order valence-corrected chi connectivity index (χ4v) is 8.62. The van der Waals surface area contributed by atoms with E-state index in [2.05, 4.69) is 0 Å². The van der Waals surface area contributed by atoms with Crippen molar-refractivity contribution in [1.82, 2.24) is 0 Å². The molecule has 2 heterocycles. The Labute approximate surface area is 279 Å². The first kappa shape index (κ1) is 31.7. The SMILES string of the molecule is CN(C)c1c([N+](=O)[O-])cc(N2C(=O)C3CC=C4C(CC5C(=O)N(c6ccccc6)C(=O)C5(C)C4c4ccccc4O)C3C2=O)cc1[N+](=O)[O-]. The summed E-state index contributed by atoms with van der Waals surface area (Å²) in [4.78, 5) is 82.8. The predicted octanol–water partition coefficient (Wildman–Crippen LogP) is 4.71. The number of nitrogens with zero attached hydrogens (tertiary/aromatic N) is 5. The molecule has 3 fully saturated rings. The molecule has 7 rings (SSSR count). The molecule has 14 nitrogen and oxygen atoms in total. The highest BCUT2D eigenvalue weighted by atomic mass is 16.6. The van der Waals surface area contributed by atoms with Crippen LogP contribution in [0.5, 0.6) is 5.75 Å². The number of fused-ring (bicyclic) bond motifs is 4. The first-order valence-electron chi connectivity index (χ1n) is 15.7. The van der Waals surface area contributed by atoms with Gasteiger partial charge in [-0.2, -0.15) is 0 Å². The van der Waals surface area contributed by atoms with Crippen LogP contribution in [0, 0.1) is 49.3 Å². The second-order valence-corrected chi connectivity index (χ2v) is 13.3. The van der Waals surface area contributed by atoms with Crippen LogP contribution in [0.2, 0.25) is 0 Å². The molecule has 0 bridgehead atoms. The molecule has 250 valence electrons. The molecule has 4 aliphatic rings. The normalized spacial score (nSPS) is 27.4. The van der Waals surface area contributed by atoms with E-state index in [1.54, 1.807) is 55.5 Å². The van der Waals surface area contributed by atoms with E-state index in [-0.39, 0.29) is 30.0 Å². The quantitative estimate of drug-likeness (QED) is 0.167. The number of rotatable bonds is 6. The summed E-state index contributed by atoms with van der Waals surface area (Å²) in [6.07, 6.45) is 1.93. The Morgan fingerprint density at radius 2 is 1.43 bits per heavy atom. The summed E-state index contributed by atoms with van der Waals surface area (Å²) in [5.41, 5.74) is -1.80. The van der Waals surface area contributed by atoms with Gasteiger partial charge in [0.15, 0.2) is 5.69 Å². The number of phenols is 1. The van der Waals surface area contributed by atoms with E-state index in [9.17, 15) is 44.5 Å². The number of nitro groups is 2. The van der Waals surface area contributed by atoms with Gasteiger partial charge in [0.2, 0.25) is 23.6 Å². The Kier molecular flexibility index (Phi) is 7.16. The molecular weight excluding hydrogens is 634 g/mol. The van der Waals surface area contributed by atoms with Gasteiger partial charge < -0.3 is 10.0 Å². The lowest BCUT2D eigenvalue weighted by atomic mass is 9.51. The maximum absolute atomic E-state index is 14.4. The predicted molar refractivity (Wildman–Crippen MR) is 176 cm³/mol. The van der Waals surface area contributed by atoms with Crippen LogP contribution in [0.3, 0.4) is 0 Å². The number of anilines is 3. The summed E-state index contributed by atoms with van der Waals surface area (Å²) < 4.78 is 0. The van der Waals surface area contributed by atoms with Crippen molar-refractivity contribution in [2.24, 2.45) is 29.1 Å². The number of aromatic hydroxyl groups is 1. The molecule has 14 heteroatoms. The van der Waals surface area contributed by atoms with Crippen molar-refractivity contribution in [3.8, 4) is 5.75 Å². The van der Waals surface area contributed by atoms with E-state index in [0.717, 1.165) is 21.9 Å². The lowest BCUT2D eigenvalue weighted by Crippen LogP contribution is -2.48. The molecule has 6 atom stereocenters. The van der Waals surface area contributed by atoms with Crippen LogP contribution in [-0.4, -0.2) is 52.7 Å².